The van der Waals surface area contributed by atoms with E-state index in [4.69, 9.17) is 4.74 Å². The number of cyclic esters (lactones) is 1. The fourth-order valence-electron chi connectivity index (χ4n) is 1.76. The van der Waals surface area contributed by atoms with Gasteiger partial charge in [0.05, 0.1) is 11.3 Å². The minimum atomic E-state index is -0.617. The van der Waals surface area contributed by atoms with Crippen LogP contribution in [0.4, 0.5) is 4.39 Å². The van der Waals surface area contributed by atoms with Gasteiger partial charge in [0.25, 0.3) is 0 Å². The summed E-state index contributed by atoms with van der Waals surface area (Å²) in [5.74, 6) is -1.14. The number of ether oxygens (including phenoxy) is 1. The quantitative estimate of drug-likeness (QED) is 0.621. The molecule has 1 aromatic heterocycles. The van der Waals surface area contributed by atoms with E-state index in [1.54, 1.807) is 36.5 Å². The van der Waals surface area contributed by atoms with E-state index in [1.165, 1.54) is 18.2 Å². The average molecular weight is 268 g/mol. The molecule has 5 heteroatoms. The molecule has 0 amide bonds. The lowest BCUT2D eigenvalue weighted by Gasteiger charge is -1.99. The predicted octanol–water partition coefficient (Wildman–Crippen LogP) is 2.57. The van der Waals surface area contributed by atoms with E-state index in [1.807, 2.05) is 0 Å². The number of pyridine rings is 1. The summed E-state index contributed by atoms with van der Waals surface area (Å²) in [6, 6.07) is 11.3. The summed E-state index contributed by atoms with van der Waals surface area (Å²) >= 11 is 0. The zero-order valence-corrected chi connectivity index (χ0v) is 10.3. The van der Waals surface area contributed by atoms with Gasteiger partial charge in [0, 0.05) is 6.20 Å². The number of benzene rings is 1. The molecule has 1 aromatic carbocycles. The molecule has 0 radical (unpaired) electrons. The monoisotopic (exact) mass is 268 g/mol. The third-order valence-corrected chi connectivity index (χ3v) is 2.70. The number of hydrogen-bond acceptors (Lipinski definition) is 4. The Balaban J connectivity index is 1.98. The molecular formula is C15H9FN2O2. The van der Waals surface area contributed by atoms with E-state index >= 15 is 0 Å². The van der Waals surface area contributed by atoms with Crippen molar-refractivity contribution in [3.8, 4) is 0 Å². The topological polar surface area (TPSA) is 51.5 Å². The van der Waals surface area contributed by atoms with Crippen LogP contribution in [0.25, 0.3) is 6.08 Å². The van der Waals surface area contributed by atoms with E-state index in [0.29, 0.717) is 5.69 Å². The van der Waals surface area contributed by atoms with Crippen LogP contribution in [0.3, 0.4) is 0 Å². The third kappa shape index (κ3) is 2.33. The molecule has 3 rings (SSSR count). The number of esters is 1. The molecule has 0 N–H and O–H groups in total. The summed E-state index contributed by atoms with van der Waals surface area (Å²) in [4.78, 5) is 19.8. The average Bonchev–Trinajstić information content (AvgIpc) is 2.81. The van der Waals surface area contributed by atoms with Crippen LogP contribution in [0.1, 0.15) is 11.3 Å². The second kappa shape index (κ2) is 5.05. The SMILES string of the molecule is O=C1OC(c2ccccc2F)=NC1=Cc1ccccn1. The summed E-state index contributed by atoms with van der Waals surface area (Å²) in [5, 5.41) is 0. The first-order chi connectivity index (χ1) is 9.74. The summed E-state index contributed by atoms with van der Waals surface area (Å²) in [5.41, 5.74) is 0.838. The van der Waals surface area contributed by atoms with Crippen molar-refractivity contribution in [2.45, 2.75) is 0 Å². The number of halogens is 1. The van der Waals surface area contributed by atoms with E-state index in [2.05, 4.69) is 9.98 Å². The highest BCUT2D eigenvalue weighted by atomic mass is 19.1. The molecule has 0 atom stereocenters. The highest BCUT2D eigenvalue weighted by molar-refractivity contribution is 6.12. The minimum absolute atomic E-state index is 0.0321. The van der Waals surface area contributed by atoms with Crippen molar-refractivity contribution in [2.75, 3.05) is 0 Å². The van der Waals surface area contributed by atoms with Gasteiger partial charge in [0.2, 0.25) is 5.90 Å². The van der Waals surface area contributed by atoms with Gasteiger partial charge in [-0.1, -0.05) is 18.2 Å². The molecule has 1 aliphatic heterocycles. The van der Waals surface area contributed by atoms with Crippen LogP contribution in [-0.4, -0.2) is 16.9 Å². The summed E-state index contributed by atoms with van der Waals surface area (Å²) < 4.78 is 18.6. The largest absolute Gasteiger partial charge is 0.402 e. The lowest BCUT2D eigenvalue weighted by molar-refractivity contribution is -0.129. The Morgan fingerprint density at radius 2 is 1.90 bits per heavy atom. The summed E-state index contributed by atoms with van der Waals surface area (Å²) in [7, 11) is 0. The second-order valence-corrected chi connectivity index (χ2v) is 4.07. The first-order valence-electron chi connectivity index (χ1n) is 5.92. The molecule has 0 bridgehead atoms. The first-order valence-corrected chi connectivity index (χ1v) is 5.92. The standard InChI is InChI=1S/C15H9FN2O2/c16-12-7-2-1-6-11(12)14-18-13(15(19)20-14)9-10-5-3-4-8-17-10/h1-9H. The lowest BCUT2D eigenvalue weighted by atomic mass is 10.2. The van der Waals surface area contributed by atoms with Crippen LogP contribution in [0.5, 0.6) is 0 Å². The van der Waals surface area contributed by atoms with Crippen molar-refractivity contribution < 1.29 is 13.9 Å². The van der Waals surface area contributed by atoms with Crippen LogP contribution in [0.15, 0.2) is 59.4 Å². The molecule has 0 fully saturated rings. The summed E-state index contributed by atoms with van der Waals surface area (Å²) in [6.07, 6.45) is 3.10. The zero-order valence-electron chi connectivity index (χ0n) is 10.3. The number of carbonyl (C=O) groups excluding carboxylic acids is 1. The molecule has 98 valence electrons. The first kappa shape index (κ1) is 12.2. The van der Waals surface area contributed by atoms with Gasteiger partial charge in [-0.25, -0.2) is 14.2 Å². The second-order valence-electron chi connectivity index (χ2n) is 4.07. The molecule has 20 heavy (non-hydrogen) atoms. The predicted molar refractivity (Wildman–Crippen MR) is 71.2 cm³/mol. The van der Waals surface area contributed by atoms with Gasteiger partial charge in [-0.15, -0.1) is 0 Å². The normalized spacial score (nSPS) is 16.1. The van der Waals surface area contributed by atoms with Crippen LogP contribution in [0.2, 0.25) is 0 Å². The Morgan fingerprint density at radius 1 is 1.10 bits per heavy atom. The van der Waals surface area contributed by atoms with Crippen molar-refractivity contribution in [1.29, 1.82) is 0 Å². The van der Waals surface area contributed by atoms with Crippen LogP contribution in [0, 0.1) is 5.82 Å². The maximum Gasteiger partial charge on any atom is 0.363 e. The van der Waals surface area contributed by atoms with Crippen LogP contribution < -0.4 is 0 Å². The van der Waals surface area contributed by atoms with Crippen molar-refractivity contribution in [1.82, 2.24) is 4.98 Å². The van der Waals surface area contributed by atoms with E-state index in [-0.39, 0.29) is 17.2 Å². The Labute approximate surface area is 114 Å². The molecule has 0 spiro atoms. The van der Waals surface area contributed by atoms with Gasteiger partial charge >= 0.3 is 5.97 Å². The molecule has 1 aliphatic rings. The number of rotatable bonds is 2. The molecule has 2 heterocycles. The van der Waals surface area contributed by atoms with Crippen molar-refractivity contribution in [2.24, 2.45) is 4.99 Å². The van der Waals surface area contributed by atoms with Gasteiger partial charge in [-0.2, -0.15) is 0 Å². The smallest absolute Gasteiger partial charge is 0.363 e. The Hall–Kier alpha value is -2.82. The Morgan fingerprint density at radius 3 is 2.65 bits per heavy atom. The van der Waals surface area contributed by atoms with Crippen LogP contribution in [-0.2, 0) is 9.53 Å². The van der Waals surface area contributed by atoms with Crippen molar-refractivity contribution in [3.05, 3.63) is 71.4 Å². The molecule has 2 aromatic rings. The maximum atomic E-state index is 13.6. The number of hydrogen-bond donors (Lipinski definition) is 0. The fourth-order valence-corrected chi connectivity index (χ4v) is 1.76. The van der Waals surface area contributed by atoms with E-state index in [0.717, 1.165) is 0 Å². The van der Waals surface area contributed by atoms with Gasteiger partial charge < -0.3 is 4.74 Å². The highest BCUT2D eigenvalue weighted by Gasteiger charge is 2.25. The highest BCUT2D eigenvalue weighted by Crippen LogP contribution is 2.19. The molecule has 0 unspecified atom stereocenters. The number of aliphatic imine (C=N–C) groups is 1. The molecule has 0 aliphatic carbocycles. The van der Waals surface area contributed by atoms with Gasteiger partial charge in [-0.05, 0) is 30.3 Å². The zero-order chi connectivity index (χ0) is 13.9. The van der Waals surface area contributed by atoms with Crippen LogP contribution >= 0.6 is 0 Å². The summed E-state index contributed by atoms with van der Waals surface area (Å²) in [6.45, 7) is 0. The fraction of sp³-hybridized carbons (Fsp3) is 0. The minimum Gasteiger partial charge on any atom is -0.402 e. The number of nitrogens with zero attached hydrogens (tertiary/aromatic N) is 2. The van der Waals surface area contributed by atoms with Crippen molar-refractivity contribution in [3.63, 3.8) is 0 Å². The van der Waals surface area contributed by atoms with Gasteiger partial charge in [-0.3, -0.25) is 4.98 Å². The Bertz CT molecular complexity index is 724. The third-order valence-electron chi connectivity index (χ3n) is 2.70. The maximum absolute atomic E-state index is 13.6. The molecule has 0 saturated heterocycles. The number of carbonyl (C=O) groups is 1. The van der Waals surface area contributed by atoms with Crippen molar-refractivity contribution >= 4 is 17.9 Å². The molecular weight excluding hydrogens is 259 g/mol. The molecule has 0 saturated carbocycles. The van der Waals surface area contributed by atoms with E-state index in [9.17, 15) is 9.18 Å². The van der Waals surface area contributed by atoms with E-state index < -0.39 is 11.8 Å². The molecule has 4 nitrogen and oxygen atoms in total. The lowest BCUT2D eigenvalue weighted by Crippen LogP contribution is -2.07. The number of aromatic nitrogens is 1. The Kier molecular flexibility index (Phi) is 3.09. The van der Waals surface area contributed by atoms with Gasteiger partial charge in [0.15, 0.2) is 5.70 Å². The van der Waals surface area contributed by atoms with Gasteiger partial charge in [0.1, 0.15) is 5.82 Å².